The summed E-state index contributed by atoms with van der Waals surface area (Å²) >= 11 is 0. The summed E-state index contributed by atoms with van der Waals surface area (Å²) in [6.07, 6.45) is 0.771. The minimum Gasteiger partial charge on any atom is -0.486 e. The second kappa shape index (κ2) is 10.5. The minimum atomic E-state index is -0.127. The fourth-order valence-electron chi connectivity index (χ4n) is 3.57. The number of amides is 1. The number of para-hydroxylation sites is 2. The largest absolute Gasteiger partial charge is 0.486 e. The van der Waals surface area contributed by atoms with Gasteiger partial charge in [-0.25, -0.2) is 0 Å². The van der Waals surface area contributed by atoms with Crippen molar-refractivity contribution in [1.82, 2.24) is 15.5 Å². The molecule has 0 saturated heterocycles. The van der Waals surface area contributed by atoms with Gasteiger partial charge < -0.3 is 25.0 Å². The molecule has 0 fully saturated rings. The number of nitrogens with one attached hydrogen (secondary N) is 2. The number of hydrogen-bond donors (Lipinski definition) is 2. The first-order chi connectivity index (χ1) is 14.2. The molecule has 0 aromatic heterocycles. The number of fused-ring (bicyclic) bond motifs is 2. The molecule has 2 N–H and O–H groups in total. The molecule has 1 amide bonds. The Balaban J connectivity index is 0.00000256. The van der Waals surface area contributed by atoms with Gasteiger partial charge in [0.15, 0.2) is 17.5 Å². The lowest BCUT2D eigenvalue weighted by molar-refractivity contribution is -0.130. The summed E-state index contributed by atoms with van der Waals surface area (Å²) in [6, 6.07) is 15.9. The molecule has 2 aliphatic rings. The summed E-state index contributed by atoms with van der Waals surface area (Å²) in [4.78, 5) is 18.7. The zero-order chi connectivity index (χ0) is 20.1. The molecule has 2 aliphatic heterocycles. The van der Waals surface area contributed by atoms with E-state index in [2.05, 4.69) is 27.8 Å². The van der Waals surface area contributed by atoms with E-state index in [9.17, 15) is 4.79 Å². The maximum Gasteiger partial charge on any atom is 0.242 e. The molecule has 0 saturated carbocycles. The summed E-state index contributed by atoms with van der Waals surface area (Å²) in [5, 5.41) is 6.31. The van der Waals surface area contributed by atoms with Crippen LogP contribution in [-0.4, -0.2) is 56.2 Å². The number of hydrogen-bond acceptors (Lipinski definition) is 4. The third-order valence-electron chi connectivity index (χ3n) is 5.18. The lowest BCUT2D eigenvalue weighted by Crippen LogP contribution is -2.48. The van der Waals surface area contributed by atoms with Crippen LogP contribution in [0.4, 0.5) is 0 Å². The van der Waals surface area contributed by atoms with E-state index in [4.69, 9.17) is 9.47 Å². The van der Waals surface area contributed by atoms with E-state index in [0.29, 0.717) is 25.7 Å². The van der Waals surface area contributed by atoms with Gasteiger partial charge in [0.25, 0.3) is 0 Å². The molecule has 8 heteroatoms. The van der Waals surface area contributed by atoms with Crippen LogP contribution in [0.1, 0.15) is 11.1 Å². The van der Waals surface area contributed by atoms with Crippen molar-refractivity contribution in [2.24, 2.45) is 4.99 Å². The van der Waals surface area contributed by atoms with Crippen molar-refractivity contribution in [2.75, 3.05) is 33.3 Å². The van der Waals surface area contributed by atoms with Crippen LogP contribution in [-0.2, 0) is 17.8 Å². The molecular formula is C22H27IN4O3. The molecule has 4 rings (SSSR count). The molecule has 160 valence electrons. The number of carbonyl (C=O) groups excluding carboxylic acids is 1. The average molecular weight is 522 g/mol. The van der Waals surface area contributed by atoms with Crippen molar-refractivity contribution >= 4 is 35.8 Å². The predicted octanol–water partition coefficient (Wildman–Crippen LogP) is 2.19. The van der Waals surface area contributed by atoms with E-state index in [-0.39, 0.29) is 42.5 Å². The average Bonchev–Trinajstić information content (AvgIpc) is 2.78. The number of halogens is 1. The molecule has 2 aromatic rings. The lowest BCUT2D eigenvalue weighted by Gasteiger charge is -2.29. The number of nitrogens with zero attached hydrogens (tertiary/aromatic N) is 2. The molecule has 2 heterocycles. The first kappa shape index (κ1) is 22.2. The summed E-state index contributed by atoms with van der Waals surface area (Å²) in [5.41, 5.74) is 2.56. The number of ether oxygens (including phenoxy) is 2. The van der Waals surface area contributed by atoms with E-state index >= 15 is 0 Å². The van der Waals surface area contributed by atoms with Crippen LogP contribution in [0.25, 0.3) is 0 Å². The Morgan fingerprint density at radius 3 is 2.63 bits per heavy atom. The van der Waals surface area contributed by atoms with Gasteiger partial charge in [-0.3, -0.25) is 9.79 Å². The third-order valence-corrected chi connectivity index (χ3v) is 5.18. The van der Waals surface area contributed by atoms with Gasteiger partial charge in [-0.1, -0.05) is 36.4 Å². The SMILES string of the molecule is CN=C(NCC(=O)N1CCc2ccccc2C1)NCC1COc2ccccc2O1.I. The molecule has 2 aromatic carbocycles. The number of rotatable bonds is 4. The molecule has 0 aliphatic carbocycles. The predicted molar refractivity (Wildman–Crippen MR) is 127 cm³/mol. The van der Waals surface area contributed by atoms with E-state index in [0.717, 1.165) is 24.5 Å². The van der Waals surface area contributed by atoms with Crippen LogP contribution in [0, 0.1) is 0 Å². The Labute approximate surface area is 193 Å². The Hall–Kier alpha value is -2.49. The lowest BCUT2D eigenvalue weighted by atomic mass is 10.00. The van der Waals surface area contributed by atoms with Crippen molar-refractivity contribution in [3.05, 3.63) is 59.7 Å². The molecule has 1 unspecified atom stereocenters. The number of benzene rings is 2. The highest BCUT2D eigenvalue weighted by molar-refractivity contribution is 14.0. The van der Waals surface area contributed by atoms with Crippen molar-refractivity contribution in [2.45, 2.75) is 19.1 Å². The van der Waals surface area contributed by atoms with Crippen molar-refractivity contribution in [3.63, 3.8) is 0 Å². The zero-order valence-corrected chi connectivity index (χ0v) is 19.3. The standard InChI is InChI=1S/C22H26N4O3.HI/c1-23-22(24-12-18-15-28-19-8-4-5-9-20(19)29-18)25-13-21(27)26-11-10-16-6-2-3-7-17(16)14-26;/h2-9,18H,10-15H2,1H3,(H2,23,24,25);1H. The van der Waals surface area contributed by atoms with Gasteiger partial charge in [0.1, 0.15) is 12.7 Å². The van der Waals surface area contributed by atoms with Gasteiger partial charge >= 0.3 is 0 Å². The van der Waals surface area contributed by atoms with Crippen molar-refractivity contribution in [3.8, 4) is 11.5 Å². The molecule has 0 bridgehead atoms. The Morgan fingerprint density at radius 2 is 1.83 bits per heavy atom. The Bertz CT molecular complexity index is 905. The fourth-order valence-corrected chi connectivity index (χ4v) is 3.57. The highest BCUT2D eigenvalue weighted by Crippen LogP contribution is 2.30. The monoisotopic (exact) mass is 522 g/mol. The topological polar surface area (TPSA) is 75.2 Å². The van der Waals surface area contributed by atoms with Crippen LogP contribution in [0.15, 0.2) is 53.5 Å². The Kier molecular flexibility index (Phi) is 7.78. The van der Waals surface area contributed by atoms with Gasteiger partial charge in [0, 0.05) is 20.1 Å². The highest BCUT2D eigenvalue weighted by Gasteiger charge is 2.22. The molecular weight excluding hydrogens is 495 g/mol. The van der Waals surface area contributed by atoms with Gasteiger partial charge in [-0.15, -0.1) is 24.0 Å². The normalized spacial score (nSPS) is 17.4. The first-order valence-corrected chi connectivity index (χ1v) is 9.90. The van der Waals surface area contributed by atoms with Crippen LogP contribution in [0.2, 0.25) is 0 Å². The van der Waals surface area contributed by atoms with E-state index in [1.165, 1.54) is 11.1 Å². The number of guanidine groups is 1. The number of carbonyl (C=O) groups is 1. The Morgan fingerprint density at radius 1 is 1.10 bits per heavy atom. The van der Waals surface area contributed by atoms with E-state index in [1.54, 1.807) is 7.05 Å². The summed E-state index contributed by atoms with van der Waals surface area (Å²) in [7, 11) is 1.68. The summed E-state index contributed by atoms with van der Waals surface area (Å²) in [6.45, 7) is 2.60. The molecule has 1 atom stereocenters. The molecule has 0 spiro atoms. The van der Waals surface area contributed by atoms with Gasteiger partial charge in [-0.05, 0) is 29.7 Å². The summed E-state index contributed by atoms with van der Waals surface area (Å²) in [5.74, 6) is 2.14. The van der Waals surface area contributed by atoms with Gasteiger partial charge in [0.2, 0.25) is 5.91 Å². The fraction of sp³-hybridized carbons (Fsp3) is 0.364. The summed E-state index contributed by atoms with van der Waals surface area (Å²) < 4.78 is 11.7. The number of aliphatic imine (C=N–C) groups is 1. The molecule has 7 nitrogen and oxygen atoms in total. The highest BCUT2D eigenvalue weighted by atomic mass is 127. The smallest absolute Gasteiger partial charge is 0.242 e. The molecule has 30 heavy (non-hydrogen) atoms. The van der Waals surface area contributed by atoms with Crippen LogP contribution < -0.4 is 20.1 Å². The second-order valence-electron chi connectivity index (χ2n) is 7.14. The van der Waals surface area contributed by atoms with Gasteiger partial charge in [-0.2, -0.15) is 0 Å². The quantitative estimate of drug-likeness (QED) is 0.366. The van der Waals surface area contributed by atoms with E-state index in [1.807, 2.05) is 41.3 Å². The van der Waals surface area contributed by atoms with Gasteiger partial charge in [0.05, 0.1) is 13.1 Å². The van der Waals surface area contributed by atoms with Crippen LogP contribution >= 0.6 is 24.0 Å². The first-order valence-electron chi connectivity index (χ1n) is 9.90. The maximum absolute atomic E-state index is 12.6. The zero-order valence-electron chi connectivity index (χ0n) is 17.0. The van der Waals surface area contributed by atoms with Crippen LogP contribution in [0.3, 0.4) is 0 Å². The van der Waals surface area contributed by atoms with Crippen LogP contribution in [0.5, 0.6) is 11.5 Å². The molecule has 0 radical (unpaired) electrons. The minimum absolute atomic E-state index is 0. The van der Waals surface area contributed by atoms with Crippen molar-refractivity contribution in [1.29, 1.82) is 0 Å². The maximum atomic E-state index is 12.6. The van der Waals surface area contributed by atoms with E-state index < -0.39 is 0 Å². The third kappa shape index (κ3) is 5.35. The van der Waals surface area contributed by atoms with Crippen molar-refractivity contribution < 1.29 is 14.3 Å². The second-order valence-corrected chi connectivity index (χ2v) is 7.14.